The van der Waals surface area contributed by atoms with Crippen LogP contribution in [0, 0.1) is 11.3 Å². The first kappa shape index (κ1) is 25.5. The quantitative estimate of drug-likeness (QED) is 0.667. The van der Waals surface area contributed by atoms with Crippen LogP contribution in [0.5, 0.6) is 0 Å². The number of alkyl halides is 3. The summed E-state index contributed by atoms with van der Waals surface area (Å²) in [4.78, 5) is 52.7. The molecule has 0 aliphatic carbocycles. The van der Waals surface area contributed by atoms with Crippen molar-refractivity contribution in [2.45, 2.75) is 52.8 Å². The van der Waals surface area contributed by atoms with E-state index in [2.05, 4.69) is 5.32 Å². The van der Waals surface area contributed by atoms with Crippen LogP contribution < -0.4 is 10.2 Å². The molecule has 0 bridgehead atoms. The zero-order chi connectivity index (χ0) is 25.4. The van der Waals surface area contributed by atoms with Gasteiger partial charge in [0.15, 0.2) is 6.10 Å². The smallest absolute Gasteiger partial charge is 0.416 e. The number of carbonyl (C=O) groups excluding carboxylic acids is 4. The van der Waals surface area contributed by atoms with Crippen LogP contribution >= 0.6 is 0 Å². The van der Waals surface area contributed by atoms with Gasteiger partial charge in [-0.15, -0.1) is 0 Å². The van der Waals surface area contributed by atoms with E-state index in [1.165, 1.54) is 6.92 Å². The lowest BCUT2D eigenvalue weighted by Gasteiger charge is -2.35. The number of carbonyl (C=O) groups is 4. The number of amides is 3. The van der Waals surface area contributed by atoms with Gasteiger partial charge in [-0.1, -0.05) is 20.8 Å². The molecule has 2 heterocycles. The zero-order valence-electron chi connectivity index (χ0n) is 19.5. The monoisotopic (exact) mass is 483 g/mol. The van der Waals surface area contributed by atoms with Gasteiger partial charge < -0.3 is 15.0 Å². The number of benzene rings is 1. The number of hydrogen-bond acceptors (Lipinski definition) is 5. The van der Waals surface area contributed by atoms with Crippen molar-refractivity contribution in [3.05, 3.63) is 23.8 Å². The molecule has 1 N–H and O–H groups in total. The van der Waals surface area contributed by atoms with Gasteiger partial charge in [-0.3, -0.25) is 24.1 Å². The van der Waals surface area contributed by atoms with Crippen molar-refractivity contribution in [3.63, 3.8) is 0 Å². The second kappa shape index (κ2) is 9.27. The number of hydrogen-bond donors (Lipinski definition) is 1. The second-order valence-corrected chi connectivity index (χ2v) is 9.60. The maximum atomic E-state index is 13.0. The van der Waals surface area contributed by atoms with Crippen LogP contribution in [0.15, 0.2) is 18.2 Å². The summed E-state index contributed by atoms with van der Waals surface area (Å²) in [5.41, 5.74) is -1.54. The van der Waals surface area contributed by atoms with Gasteiger partial charge in [-0.2, -0.15) is 13.2 Å². The summed E-state index contributed by atoms with van der Waals surface area (Å²) in [6.07, 6.45) is -5.06. The van der Waals surface area contributed by atoms with Crippen LogP contribution in [0.2, 0.25) is 0 Å². The summed E-state index contributed by atoms with van der Waals surface area (Å²) in [7, 11) is 0. The second-order valence-electron chi connectivity index (χ2n) is 9.60. The fourth-order valence-corrected chi connectivity index (χ4v) is 4.00. The summed E-state index contributed by atoms with van der Waals surface area (Å²) in [6, 6.07) is 2.68. The van der Waals surface area contributed by atoms with Gasteiger partial charge in [0.1, 0.15) is 6.54 Å². The van der Waals surface area contributed by atoms with Gasteiger partial charge >= 0.3 is 12.1 Å². The molecule has 0 saturated carbocycles. The average Bonchev–Trinajstić information content (AvgIpc) is 2.75. The van der Waals surface area contributed by atoms with E-state index in [0.29, 0.717) is 25.9 Å². The molecule has 3 amide bonds. The van der Waals surface area contributed by atoms with E-state index in [1.807, 2.05) is 20.8 Å². The highest BCUT2D eigenvalue weighted by Crippen LogP contribution is 2.37. The number of esters is 1. The topological polar surface area (TPSA) is 96.0 Å². The van der Waals surface area contributed by atoms with Crippen LogP contribution in [0.1, 0.15) is 46.1 Å². The minimum absolute atomic E-state index is 0.00131. The molecule has 1 fully saturated rings. The molecule has 1 saturated heterocycles. The van der Waals surface area contributed by atoms with Gasteiger partial charge in [0.2, 0.25) is 11.8 Å². The Morgan fingerprint density at radius 1 is 1.12 bits per heavy atom. The molecule has 2 aliphatic heterocycles. The number of halogens is 3. The van der Waals surface area contributed by atoms with Crippen molar-refractivity contribution in [2.75, 3.05) is 29.9 Å². The number of piperidine rings is 1. The third-order valence-electron chi connectivity index (χ3n) is 5.85. The molecule has 3 rings (SSSR count). The van der Waals surface area contributed by atoms with Gasteiger partial charge in [0, 0.05) is 18.5 Å². The fourth-order valence-electron chi connectivity index (χ4n) is 4.00. The average molecular weight is 483 g/mol. The SMILES string of the molecule is CC(OC(=O)C1CCN(C(=O)C(C)(C)C)CC1)C(=O)N1CC(=O)Nc2cc(C(F)(F)F)ccc21. The van der Waals surface area contributed by atoms with Crippen molar-refractivity contribution < 1.29 is 37.1 Å². The van der Waals surface area contributed by atoms with E-state index in [1.54, 1.807) is 4.90 Å². The third-order valence-corrected chi connectivity index (χ3v) is 5.85. The zero-order valence-corrected chi connectivity index (χ0v) is 19.5. The molecule has 0 aromatic heterocycles. The summed E-state index contributed by atoms with van der Waals surface area (Å²) in [5.74, 6) is -2.44. The standard InChI is InChI=1S/C23H28F3N3O5/c1-13(34-20(32)14-7-9-28(10-8-14)21(33)22(2,3)4)19(31)29-12-18(30)27-16-11-15(23(24,25)26)5-6-17(16)29/h5-6,11,13-14H,7-10,12H2,1-4H3,(H,27,30). The molecule has 34 heavy (non-hydrogen) atoms. The number of nitrogens with zero attached hydrogens (tertiary/aromatic N) is 2. The maximum Gasteiger partial charge on any atom is 0.416 e. The van der Waals surface area contributed by atoms with Crippen LogP contribution in [-0.4, -0.2) is 54.3 Å². The highest BCUT2D eigenvalue weighted by atomic mass is 19.4. The summed E-state index contributed by atoms with van der Waals surface area (Å²) >= 11 is 0. The van der Waals surface area contributed by atoms with Crippen molar-refractivity contribution in [1.29, 1.82) is 0 Å². The van der Waals surface area contributed by atoms with Crippen molar-refractivity contribution in [1.82, 2.24) is 4.90 Å². The van der Waals surface area contributed by atoms with E-state index in [9.17, 15) is 32.3 Å². The Morgan fingerprint density at radius 2 is 1.74 bits per heavy atom. The first-order valence-corrected chi connectivity index (χ1v) is 11.0. The normalized spacial score (nSPS) is 18.1. The van der Waals surface area contributed by atoms with E-state index in [0.717, 1.165) is 23.1 Å². The van der Waals surface area contributed by atoms with Crippen molar-refractivity contribution in [3.8, 4) is 0 Å². The number of anilines is 2. The molecule has 8 nitrogen and oxygen atoms in total. The number of fused-ring (bicyclic) bond motifs is 1. The van der Waals surface area contributed by atoms with Crippen LogP contribution in [-0.2, 0) is 30.1 Å². The van der Waals surface area contributed by atoms with Crippen molar-refractivity contribution >= 4 is 35.1 Å². The lowest BCUT2D eigenvalue weighted by molar-refractivity contribution is -0.160. The maximum absolute atomic E-state index is 13.0. The minimum Gasteiger partial charge on any atom is -0.452 e. The number of rotatable bonds is 3. The van der Waals surface area contributed by atoms with E-state index < -0.39 is 53.5 Å². The molecule has 1 aromatic rings. The molecule has 1 aromatic carbocycles. The molecular weight excluding hydrogens is 455 g/mol. The molecule has 186 valence electrons. The van der Waals surface area contributed by atoms with E-state index in [4.69, 9.17) is 4.74 Å². The van der Waals surface area contributed by atoms with E-state index >= 15 is 0 Å². The lowest BCUT2D eigenvalue weighted by atomic mass is 9.91. The molecule has 11 heteroatoms. The van der Waals surface area contributed by atoms with Crippen LogP contribution in [0.25, 0.3) is 0 Å². The molecule has 1 unspecified atom stereocenters. The van der Waals surface area contributed by atoms with Gasteiger partial charge in [-0.05, 0) is 38.0 Å². The first-order valence-electron chi connectivity index (χ1n) is 11.0. The Bertz CT molecular complexity index is 995. The summed E-state index contributed by atoms with van der Waals surface area (Å²) < 4.78 is 44.4. The fraction of sp³-hybridized carbons (Fsp3) is 0.565. The van der Waals surface area contributed by atoms with E-state index in [-0.39, 0.29) is 17.3 Å². The van der Waals surface area contributed by atoms with Crippen LogP contribution in [0.4, 0.5) is 24.5 Å². The van der Waals surface area contributed by atoms with Gasteiger partial charge in [0.25, 0.3) is 5.91 Å². The number of nitrogens with one attached hydrogen (secondary N) is 1. The Morgan fingerprint density at radius 3 is 2.29 bits per heavy atom. The largest absolute Gasteiger partial charge is 0.452 e. The number of likely N-dealkylation sites (tertiary alicyclic amines) is 1. The van der Waals surface area contributed by atoms with Gasteiger partial charge in [0.05, 0.1) is 22.9 Å². The predicted molar refractivity (Wildman–Crippen MR) is 117 cm³/mol. The Hall–Kier alpha value is -3.11. The highest BCUT2D eigenvalue weighted by Gasteiger charge is 2.37. The third kappa shape index (κ3) is 5.51. The van der Waals surface area contributed by atoms with Crippen molar-refractivity contribution in [2.24, 2.45) is 11.3 Å². The molecule has 2 aliphatic rings. The Kier molecular flexibility index (Phi) is 6.95. The molecular formula is C23H28F3N3O5. The summed E-state index contributed by atoms with van der Waals surface area (Å²) in [6.45, 7) is 7.23. The molecule has 0 radical (unpaired) electrons. The first-order chi connectivity index (χ1) is 15.7. The Balaban J connectivity index is 1.65. The highest BCUT2D eigenvalue weighted by molar-refractivity contribution is 6.11. The minimum atomic E-state index is -4.61. The Labute approximate surface area is 195 Å². The summed E-state index contributed by atoms with van der Waals surface area (Å²) in [5, 5.41) is 2.34. The molecule has 0 spiro atoms. The van der Waals surface area contributed by atoms with Gasteiger partial charge in [-0.25, -0.2) is 0 Å². The lowest BCUT2D eigenvalue weighted by Crippen LogP contribution is -2.48. The predicted octanol–water partition coefficient (Wildman–Crippen LogP) is 3.21. The number of ether oxygens (including phenoxy) is 1. The molecule has 1 atom stereocenters. The van der Waals surface area contributed by atoms with Crippen LogP contribution in [0.3, 0.4) is 0 Å².